The maximum absolute atomic E-state index is 13.0. The standard InChI is InChI=1S/C11H16FN3OS/c1-15(4-3-5-17-2)11(16)9-6-8(12)7-14-10(9)13/h6-7H,3-5H2,1-2H3,(H2,13,14). The molecule has 17 heavy (non-hydrogen) atoms. The lowest BCUT2D eigenvalue weighted by molar-refractivity contribution is 0.0795. The van der Waals surface area contributed by atoms with Crippen molar-refractivity contribution in [3.05, 3.63) is 23.6 Å². The lowest BCUT2D eigenvalue weighted by Crippen LogP contribution is -2.29. The van der Waals surface area contributed by atoms with E-state index in [-0.39, 0.29) is 17.3 Å². The minimum Gasteiger partial charge on any atom is -0.383 e. The highest BCUT2D eigenvalue weighted by Crippen LogP contribution is 2.12. The lowest BCUT2D eigenvalue weighted by Gasteiger charge is -2.17. The largest absolute Gasteiger partial charge is 0.383 e. The Kier molecular flexibility index (Phi) is 5.21. The molecule has 0 unspecified atom stereocenters. The molecule has 0 fully saturated rings. The van der Waals surface area contributed by atoms with E-state index in [4.69, 9.17) is 5.73 Å². The fourth-order valence-corrected chi connectivity index (χ4v) is 1.79. The van der Waals surface area contributed by atoms with Gasteiger partial charge in [0.15, 0.2) is 0 Å². The number of anilines is 1. The van der Waals surface area contributed by atoms with Gasteiger partial charge in [-0.05, 0) is 24.5 Å². The molecule has 4 nitrogen and oxygen atoms in total. The van der Waals surface area contributed by atoms with Gasteiger partial charge in [0.2, 0.25) is 0 Å². The van der Waals surface area contributed by atoms with Crippen LogP contribution in [0.25, 0.3) is 0 Å². The molecule has 94 valence electrons. The van der Waals surface area contributed by atoms with Gasteiger partial charge in [0.1, 0.15) is 11.6 Å². The number of aromatic nitrogens is 1. The Labute approximate surface area is 104 Å². The highest BCUT2D eigenvalue weighted by molar-refractivity contribution is 7.98. The Balaban J connectivity index is 2.71. The Morgan fingerprint density at radius 2 is 2.35 bits per heavy atom. The third kappa shape index (κ3) is 3.89. The van der Waals surface area contributed by atoms with Crippen molar-refractivity contribution < 1.29 is 9.18 Å². The van der Waals surface area contributed by atoms with E-state index in [9.17, 15) is 9.18 Å². The van der Waals surface area contributed by atoms with Gasteiger partial charge in [-0.1, -0.05) is 0 Å². The summed E-state index contributed by atoms with van der Waals surface area (Å²) in [6.07, 6.45) is 3.90. The van der Waals surface area contributed by atoms with Crippen molar-refractivity contribution in [3.63, 3.8) is 0 Å². The summed E-state index contributed by atoms with van der Waals surface area (Å²) < 4.78 is 13.0. The van der Waals surface area contributed by atoms with Gasteiger partial charge in [0, 0.05) is 13.6 Å². The molecule has 1 aromatic heterocycles. The van der Waals surface area contributed by atoms with Crippen LogP contribution in [-0.4, -0.2) is 41.4 Å². The Morgan fingerprint density at radius 1 is 1.65 bits per heavy atom. The van der Waals surface area contributed by atoms with Crippen LogP contribution in [0.15, 0.2) is 12.3 Å². The summed E-state index contributed by atoms with van der Waals surface area (Å²) in [5.41, 5.74) is 5.68. The van der Waals surface area contributed by atoms with E-state index in [1.54, 1.807) is 18.8 Å². The van der Waals surface area contributed by atoms with Gasteiger partial charge in [-0.15, -0.1) is 0 Å². The fourth-order valence-electron chi connectivity index (χ4n) is 1.37. The second-order valence-corrected chi connectivity index (χ2v) is 4.64. The molecule has 1 aromatic rings. The third-order valence-electron chi connectivity index (χ3n) is 2.30. The highest BCUT2D eigenvalue weighted by atomic mass is 32.2. The number of thioether (sulfide) groups is 1. The number of nitrogens with zero attached hydrogens (tertiary/aromatic N) is 2. The van der Waals surface area contributed by atoms with Crippen LogP contribution < -0.4 is 5.73 Å². The number of nitrogens with two attached hydrogens (primary N) is 1. The predicted molar refractivity (Wildman–Crippen MR) is 68.6 cm³/mol. The first-order chi connectivity index (χ1) is 8.06. The molecule has 0 bridgehead atoms. The first-order valence-corrected chi connectivity index (χ1v) is 6.61. The number of nitrogen functional groups attached to an aromatic ring is 1. The van der Waals surface area contributed by atoms with Crippen molar-refractivity contribution in [2.45, 2.75) is 6.42 Å². The lowest BCUT2D eigenvalue weighted by atomic mass is 10.2. The molecule has 1 rings (SSSR count). The molecule has 0 aliphatic carbocycles. The molecule has 0 saturated carbocycles. The number of carbonyl (C=O) groups excluding carboxylic acids is 1. The molecule has 0 atom stereocenters. The van der Waals surface area contributed by atoms with Gasteiger partial charge in [-0.25, -0.2) is 9.37 Å². The van der Waals surface area contributed by atoms with E-state index in [0.29, 0.717) is 6.54 Å². The molecule has 0 aliphatic rings. The number of hydrogen-bond donors (Lipinski definition) is 1. The molecule has 0 aromatic carbocycles. The first kappa shape index (κ1) is 13.8. The summed E-state index contributed by atoms with van der Waals surface area (Å²) in [6.45, 7) is 0.621. The number of halogens is 1. The fraction of sp³-hybridized carbons (Fsp3) is 0.455. The van der Waals surface area contributed by atoms with Crippen molar-refractivity contribution in [1.82, 2.24) is 9.88 Å². The number of amides is 1. The quantitative estimate of drug-likeness (QED) is 0.814. The number of pyridine rings is 1. The molecule has 1 heterocycles. The summed E-state index contributed by atoms with van der Waals surface area (Å²) in [4.78, 5) is 17.1. The number of carbonyl (C=O) groups is 1. The maximum Gasteiger partial charge on any atom is 0.257 e. The molecular weight excluding hydrogens is 241 g/mol. The normalized spacial score (nSPS) is 10.3. The maximum atomic E-state index is 13.0. The monoisotopic (exact) mass is 257 g/mol. The average Bonchev–Trinajstić information content (AvgIpc) is 2.31. The number of hydrogen-bond acceptors (Lipinski definition) is 4. The predicted octanol–water partition coefficient (Wildman–Crippen LogP) is 1.63. The van der Waals surface area contributed by atoms with Crippen LogP contribution in [0.1, 0.15) is 16.8 Å². The van der Waals surface area contributed by atoms with Crippen molar-refractivity contribution in [1.29, 1.82) is 0 Å². The van der Waals surface area contributed by atoms with Gasteiger partial charge in [0.05, 0.1) is 11.8 Å². The molecule has 0 radical (unpaired) electrons. The molecule has 2 N–H and O–H groups in total. The van der Waals surface area contributed by atoms with Crippen LogP contribution in [-0.2, 0) is 0 Å². The second kappa shape index (κ2) is 6.44. The minimum absolute atomic E-state index is 0.0631. The molecule has 1 amide bonds. The zero-order valence-corrected chi connectivity index (χ0v) is 10.8. The van der Waals surface area contributed by atoms with Crippen LogP contribution >= 0.6 is 11.8 Å². The summed E-state index contributed by atoms with van der Waals surface area (Å²) in [5.74, 6) is 0.192. The second-order valence-electron chi connectivity index (χ2n) is 3.66. The number of rotatable bonds is 5. The van der Waals surface area contributed by atoms with Crippen LogP contribution in [0, 0.1) is 5.82 Å². The minimum atomic E-state index is -0.555. The summed E-state index contributed by atoms with van der Waals surface area (Å²) in [5, 5.41) is 0. The van der Waals surface area contributed by atoms with E-state index >= 15 is 0 Å². The zero-order valence-electron chi connectivity index (χ0n) is 9.94. The van der Waals surface area contributed by atoms with Gasteiger partial charge < -0.3 is 10.6 Å². The van der Waals surface area contributed by atoms with Gasteiger partial charge in [0.25, 0.3) is 5.91 Å². The smallest absolute Gasteiger partial charge is 0.257 e. The van der Waals surface area contributed by atoms with E-state index in [0.717, 1.165) is 24.4 Å². The molecule has 0 spiro atoms. The molecule has 6 heteroatoms. The molecular formula is C11H16FN3OS. The Morgan fingerprint density at radius 3 is 3.00 bits per heavy atom. The molecule has 0 saturated heterocycles. The average molecular weight is 257 g/mol. The highest BCUT2D eigenvalue weighted by Gasteiger charge is 2.16. The van der Waals surface area contributed by atoms with E-state index in [2.05, 4.69) is 4.98 Å². The van der Waals surface area contributed by atoms with Crippen molar-refractivity contribution in [2.75, 3.05) is 31.3 Å². The van der Waals surface area contributed by atoms with Gasteiger partial charge >= 0.3 is 0 Å². The molecule has 0 aliphatic heterocycles. The summed E-state index contributed by atoms with van der Waals surface area (Å²) in [7, 11) is 1.67. The van der Waals surface area contributed by atoms with Crippen molar-refractivity contribution in [3.8, 4) is 0 Å². The zero-order chi connectivity index (χ0) is 12.8. The Hall–Kier alpha value is -1.30. The van der Waals surface area contributed by atoms with Gasteiger partial charge in [-0.3, -0.25) is 4.79 Å². The van der Waals surface area contributed by atoms with E-state index in [1.807, 2.05) is 6.26 Å². The first-order valence-electron chi connectivity index (χ1n) is 5.21. The van der Waals surface area contributed by atoms with Crippen molar-refractivity contribution >= 4 is 23.5 Å². The third-order valence-corrected chi connectivity index (χ3v) is 3.00. The van der Waals surface area contributed by atoms with Gasteiger partial charge in [-0.2, -0.15) is 11.8 Å². The SMILES string of the molecule is CSCCCN(C)C(=O)c1cc(F)cnc1N. The van der Waals surface area contributed by atoms with Crippen molar-refractivity contribution in [2.24, 2.45) is 0 Å². The summed E-state index contributed by atoms with van der Waals surface area (Å²) >= 11 is 1.72. The van der Waals surface area contributed by atoms with E-state index in [1.165, 1.54) is 4.90 Å². The van der Waals surface area contributed by atoms with Crippen LogP contribution in [0.5, 0.6) is 0 Å². The van der Waals surface area contributed by atoms with Crippen LogP contribution in [0.2, 0.25) is 0 Å². The van der Waals surface area contributed by atoms with E-state index < -0.39 is 5.82 Å². The topological polar surface area (TPSA) is 59.2 Å². The Bertz CT molecular complexity index is 400. The summed E-state index contributed by atoms with van der Waals surface area (Å²) in [6, 6.07) is 1.12. The van der Waals surface area contributed by atoms with Crippen LogP contribution in [0.4, 0.5) is 10.2 Å². The van der Waals surface area contributed by atoms with Crippen LogP contribution in [0.3, 0.4) is 0 Å².